The van der Waals surface area contributed by atoms with Gasteiger partial charge >= 0.3 is 11.9 Å². The molecule has 52 heavy (non-hydrogen) atoms. The molecule has 0 saturated heterocycles. The maximum Gasteiger partial charge on any atom is 0.326 e. The Kier molecular flexibility index (Phi) is 21.7. The Morgan fingerprint density at radius 2 is 1.42 bits per heavy atom. The van der Waals surface area contributed by atoms with Gasteiger partial charge in [0, 0.05) is 50.7 Å². The van der Waals surface area contributed by atoms with E-state index >= 15 is 0 Å². The fourth-order valence-corrected chi connectivity index (χ4v) is 6.28. The smallest absolute Gasteiger partial charge is 0.326 e. The molecule has 4 amide bonds. The van der Waals surface area contributed by atoms with Crippen molar-refractivity contribution < 1.29 is 39.0 Å². The Morgan fingerprint density at radius 3 is 2.13 bits per heavy atom. The van der Waals surface area contributed by atoms with Crippen LogP contribution in [0.1, 0.15) is 110 Å². The summed E-state index contributed by atoms with van der Waals surface area (Å²) < 4.78 is 0. The molecule has 1 aliphatic heterocycles. The van der Waals surface area contributed by atoms with Crippen LogP contribution in [-0.4, -0.2) is 90.1 Å². The van der Waals surface area contributed by atoms with Crippen molar-refractivity contribution >= 4 is 35.6 Å². The van der Waals surface area contributed by atoms with Crippen molar-refractivity contribution in [2.75, 3.05) is 26.2 Å². The number of carbonyl (C=O) groups is 6. The Balaban J connectivity index is 1.85. The first kappa shape index (κ1) is 44.0. The highest BCUT2D eigenvalue weighted by Crippen LogP contribution is 2.29. The van der Waals surface area contributed by atoms with Gasteiger partial charge in [0.2, 0.25) is 23.6 Å². The molecule has 2 aliphatic rings. The van der Waals surface area contributed by atoms with E-state index in [1.165, 1.54) is 32.1 Å². The molecule has 0 saturated carbocycles. The summed E-state index contributed by atoms with van der Waals surface area (Å²) in [5.41, 5.74) is 0.951. The van der Waals surface area contributed by atoms with Crippen LogP contribution in [0.25, 0.3) is 0 Å². The maximum atomic E-state index is 13.5. The summed E-state index contributed by atoms with van der Waals surface area (Å²) in [4.78, 5) is 73.7. The summed E-state index contributed by atoms with van der Waals surface area (Å²) in [6, 6.07) is -2.13. The van der Waals surface area contributed by atoms with Gasteiger partial charge in [-0.2, -0.15) is 0 Å². The molecular formula is C38H62N6O8. The van der Waals surface area contributed by atoms with Gasteiger partial charge in [-0.15, -0.1) is 0 Å². The van der Waals surface area contributed by atoms with Gasteiger partial charge in [0.25, 0.3) is 0 Å². The van der Waals surface area contributed by atoms with Crippen LogP contribution in [0, 0.1) is 11.8 Å². The fourth-order valence-electron chi connectivity index (χ4n) is 6.28. The van der Waals surface area contributed by atoms with Gasteiger partial charge in [0.1, 0.15) is 12.1 Å². The molecule has 8 N–H and O–H groups in total. The summed E-state index contributed by atoms with van der Waals surface area (Å²) in [5, 5.41) is 36.0. The van der Waals surface area contributed by atoms with Crippen LogP contribution < -0.4 is 31.9 Å². The number of carboxylic acid groups (broad SMARTS) is 2. The number of allylic oxidation sites excluding steroid dienone is 2. The average Bonchev–Trinajstić information content (AvgIpc) is 3.52. The van der Waals surface area contributed by atoms with E-state index in [2.05, 4.69) is 38.8 Å². The zero-order valence-electron chi connectivity index (χ0n) is 31.1. The molecule has 2 rings (SSSR count). The first-order valence-corrected chi connectivity index (χ1v) is 19.1. The SMILES string of the molecule is CCCCCCCCCC(=O)NCCNCC[C@H](CC)C(=O)N[C@H](CC1=CNC2C=CC=C[C@H]12)C(=O)NCC[C@@H](NC(=O)CCCC(=O)O)C(=O)O. The highest BCUT2D eigenvalue weighted by atomic mass is 16.4. The minimum atomic E-state index is -1.28. The second-order valence-corrected chi connectivity index (χ2v) is 13.6. The van der Waals surface area contributed by atoms with Gasteiger partial charge in [0.05, 0.1) is 6.04 Å². The Labute approximate surface area is 308 Å². The molecule has 14 heteroatoms. The number of hydrogen-bond acceptors (Lipinski definition) is 8. The lowest BCUT2D eigenvalue weighted by Crippen LogP contribution is -2.50. The molecular weight excluding hydrogens is 668 g/mol. The normalized spacial score (nSPS) is 17.5. The third-order valence-corrected chi connectivity index (χ3v) is 9.42. The summed E-state index contributed by atoms with van der Waals surface area (Å²) in [6.45, 7) is 5.69. The van der Waals surface area contributed by atoms with E-state index in [9.17, 15) is 33.9 Å². The predicted molar refractivity (Wildman–Crippen MR) is 199 cm³/mol. The van der Waals surface area contributed by atoms with Gasteiger partial charge in [-0.1, -0.05) is 76.7 Å². The van der Waals surface area contributed by atoms with Gasteiger partial charge in [0.15, 0.2) is 0 Å². The van der Waals surface area contributed by atoms with Crippen LogP contribution in [0.5, 0.6) is 0 Å². The number of rotatable bonds is 29. The Bertz CT molecular complexity index is 1250. The molecule has 0 bridgehead atoms. The molecule has 0 radical (unpaired) electrons. The van der Waals surface area contributed by atoms with E-state index in [1.807, 2.05) is 37.4 Å². The molecule has 0 spiro atoms. The molecule has 14 nitrogen and oxygen atoms in total. The molecule has 292 valence electrons. The van der Waals surface area contributed by atoms with Crippen LogP contribution in [0.3, 0.4) is 0 Å². The highest BCUT2D eigenvalue weighted by molar-refractivity contribution is 5.89. The van der Waals surface area contributed by atoms with Crippen LogP contribution in [-0.2, 0) is 28.8 Å². The molecule has 0 fully saturated rings. The van der Waals surface area contributed by atoms with Gasteiger partial charge < -0.3 is 42.1 Å². The standard InChI is InChI=1S/C38H62N6O8/c1-3-5-6-7-8-9-10-16-33(45)40-24-23-39-21-19-27(4-2)36(49)44-32(25-28-26-42-30-15-12-11-14-29(28)30)37(50)41-22-20-31(38(51)52)43-34(46)17-13-18-35(47)48/h11-12,14-15,26-27,29-32,39,42H,3-10,13,16-25H2,1-2H3,(H,40,45)(H,41,50)(H,43,46)(H,44,49)(H,47,48)(H,51,52)/t27-,29+,30?,31+,32+/m0/s1. The number of carboxylic acids is 2. The minimum Gasteiger partial charge on any atom is -0.481 e. The van der Waals surface area contributed by atoms with Crippen molar-refractivity contribution in [1.29, 1.82) is 0 Å². The summed E-state index contributed by atoms with van der Waals surface area (Å²) >= 11 is 0. The van der Waals surface area contributed by atoms with Crippen LogP contribution >= 0.6 is 0 Å². The van der Waals surface area contributed by atoms with Crippen LogP contribution in [0.2, 0.25) is 0 Å². The molecule has 0 aromatic carbocycles. The van der Waals surface area contributed by atoms with E-state index in [4.69, 9.17) is 5.11 Å². The van der Waals surface area contributed by atoms with Gasteiger partial charge in [-0.05, 0) is 56.8 Å². The average molecular weight is 731 g/mol. The fraction of sp³-hybridized carbons (Fsp3) is 0.684. The molecule has 1 aliphatic carbocycles. The summed E-state index contributed by atoms with van der Waals surface area (Å²) in [5.74, 6) is -3.90. The van der Waals surface area contributed by atoms with E-state index in [0.29, 0.717) is 38.9 Å². The lowest BCUT2D eigenvalue weighted by Gasteiger charge is -2.25. The third kappa shape index (κ3) is 17.8. The van der Waals surface area contributed by atoms with Gasteiger partial charge in [-0.25, -0.2) is 4.79 Å². The van der Waals surface area contributed by atoms with Crippen LogP contribution in [0.15, 0.2) is 36.1 Å². The second-order valence-electron chi connectivity index (χ2n) is 13.6. The zero-order chi connectivity index (χ0) is 38.1. The molecule has 1 unspecified atom stereocenters. The number of nitrogens with one attached hydrogen (secondary N) is 6. The number of fused-ring (bicyclic) bond motifs is 1. The van der Waals surface area contributed by atoms with E-state index in [0.717, 1.165) is 18.4 Å². The molecule has 1 heterocycles. The third-order valence-electron chi connectivity index (χ3n) is 9.42. The monoisotopic (exact) mass is 730 g/mol. The van der Waals surface area contributed by atoms with Crippen molar-refractivity contribution in [3.05, 3.63) is 36.1 Å². The molecule has 0 aromatic heterocycles. The predicted octanol–water partition coefficient (Wildman–Crippen LogP) is 3.05. The molecule has 0 aromatic rings. The molecule has 5 atom stereocenters. The van der Waals surface area contributed by atoms with Gasteiger partial charge in [-0.3, -0.25) is 24.0 Å². The quantitative estimate of drug-likeness (QED) is 0.0527. The summed E-state index contributed by atoms with van der Waals surface area (Å²) in [6.07, 6.45) is 19.5. The second kappa shape index (κ2) is 25.7. The zero-order valence-corrected chi connectivity index (χ0v) is 31.1. The van der Waals surface area contributed by atoms with Crippen molar-refractivity contribution in [1.82, 2.24) is 31.9 Å². The highest BCUT2D eigenvalue weighted by Gasteiger charge is 2.32. The first-order valence-electron chi connectivity index (χ1n) is 19.1. The Morgan fingerprint density at radius 1 is 0.712 bits per heavy atom. The minimum absolute atomic E-state index is 0.0344. The number of hydrogen-bond donors (Lipinski definition) is 8. The number of carbonyl (C=O) groups excluding carboxylic acids is 4. The van der Waals surface area contributed by atoms with E-state index in [-0.39, 0.29) is 68.3 Å². The van der Waals surface area contributed by atoms with Crippen molar-refractivity contribution in [2.24, 2.45) is 11.8 Å². The van der Waals surface area contributed by atoms with Crippen molar-refractivity contribution in [3.63, 3.8) is 0 Å². The largest absolute Gasteiger partial charge is 0.481 e. The van der Waals surface area contributed by atoms with Crippen molar-refractivity contribution in [2.45, 2.75) is 128 Å². The number of unbranched alkanes of at least 4 members (excludes halogenated alkanes) is 6. The van der Waals surface area contributed by atoms with E-state index in [1.54, 1.807) is 0 Å². The number of amides is 4. The van der Waals surface area contributed by atoms with E-state index < -0.39 is 35.8 Å². The Hall–Kier alpha value is -4.20. The maximum absolute atomic E-state index is 13.5. The van der Waals surface area contributed by atoms with Crippen molar-refractivity contribution in [3.8, 4) is 0 Å². The first-order chi connectivity index (χ1) is 25.0. The number of aliphatic carboxylic acids is 2. The lowest BCUT2D eigenvalue weighted by atomic mass is 9.87. The lowest BCUT2D eigenvalue weighted by molar-refractivity contribution is -0.142. The topological polar surface area (TPSA) is 215 Å². The van der Waals surface area contributed by atoms with Crippen LogP contribution in [0.4, 0.5) is 0 Å². The summed E-state index contributed by atoms with van der Waals surface area (Å²) in [7, 11) is 0.